The summed E-state index contributed by atoms with van der Waals surface area (Å²) in [5.41, 5.74) is 0.984. The number of hydrogen-bond donors (Lipinski definition) is 1. The predicted molar refractivity (Wildman–Crippen MR) is 79.6 cm³/mol. The lowest BCUT2D eigenvalue weighted by Crippen LogP contribution is -2.43. The number of anilines is 1. The zero-order chi connectivity index (χ0) is 15.5. The third-order valence-corrected chi connectivity index (χ3v) is 5.24. The van der Waals surface area contributed by atoms with E-state index in [9.17, 15) is 13.2 Å². The summed E-state index contributed by atoms with van der Waals surface area (Å²) in [7, 11) is -3.03. The molecule has 1 heterocycles. The van der Waals surface area contributed by atoms with E-state index in [1.165, 1.54) is 4.90 Å². The Morgan fingerprint density at radius 1 is 1.52 bits per heavy atom. The maximum atomic E-state index is 12.3. The summed E-state index contributed by atoms with van der Waals surface area (Å²) in [6.45, 7) is 2.25. The number of rotatable bonds is 3. The van der Waals surface area contributed by atoms with Crippen molar-refractivity contribution in [3.05, 3.63) is 29.8 Å². The second-order valence-corrected chi connectivity index (χ2v) is 7.19. The Labute approximate surface area is 124 Å². The van der Waals surface area contributed by atoms with Crippen molar-refractivity contribution in [1.29, 1.82) is 5.26 Å². The van der Waals surface area contributed by atoms with E-state index in [4.69, 9.17) is 5.26 Å². The highest BCUT2D eigenvalue weighted by molar-refractivity contribution is 7.91. The zero-order valence-corrected chi connectivity index (χ0v) is 12.6. The molecule has 1 saturated heterocycles. The van der Waals surface area contributed by atoms with Crippen LogP contribution in [-0.4, -0.2) is 43.4 Å². The van der Waals surface area contributed by atoms with Crippen molar-refractivity contribution in [2.75, 3.05) is 23.4 Å². The summed E-state index contributed by atoms with van der Waals surface area (Å²) in [6, 6.07) is 8.00. The van der Waals surface area contributed by atoms with Gasteiger partial charge in [0, 0.05) is 18.3 Å². The van der Waals surface area contributed by atoms with Crippen molar-refractivity contribution in [2.45, 2.75) is 19.4 Å². The van der Waals surface area contributed by atoms with Crippen LogP contribution in [-0.2, 0) is 9.84 Å². The SMILES string of the molecule is CCN(C(=O)Nc1cccc(C#N)c1)C1CCS(=O)(=O)C1. The molecule has 1 fully saturated rings. The molecule has 2 rings (SSSR count). The standard InChI is InChI=1S/C14H17N3O3S/c1-2-17(13-6-7-21(19,20)10-13)14(18)16-12-5-3-4-11(8-12)9-15/h3-5,8,13H,2,6-7,10H2,1H3,(H,16,18). The average molecular weight is 307 g/mol. The topological polar surface area (TPSA) is 90.3 Å². The van der Waals surface area contributed by atoms with Gasteiger partial charge >= 0.3 is 6.03 Å². The number of nitrogens with one attached hydrogen (secondary N) is 1. The van der Waals surface area contributed by atoms with Gasteiger partial charge in [-0.2, -0.15) is 5.26 Å². The van der Waals surface area contributed by atoms with Gasteiger partial charge in [-0.3, -0.25) is 0 Å². The molecule has 0 spiro atoms. The molecule has 7 heteroatoms. The lowest BCUT2D eigenvalue weighted by atomic mass is 10.2. The Balaban J connectivity index is 2.09. The summed E-state index contributed by atoms with van der Waals surface area (Å²) >= 11 is 0. The van der Waals surface area contributed by atoms with Crippen molar-refractivity contribution < 1.29 is 13.2 Å². The molecule has 1 aromatic carbocycles. The fourth-order valence-electron chi connectivity index (χ4n) is 2.45. The van der Waals surface area contributed by atoms with E-state index >= 15 is 0 Å². The van der Waals surface area contributed by atoms with Gasteiger partial charge in [0.2, 0.25) is 0 Å². The van der Waals surface area contributed by atoms with E-state index in [0.29, 0.717) is 24.2 Å². The monoisotopic (exact) mass is 307 g/mol. The first-order valence-electron chi connectivity index (χ1n) is 6.73. The second kappa shape index (κ2) is 6.14. The normalized spacial score (nSPS) is 19.7. The minimum absolute atomic E-state index is 0.0203. The van der Waals surface area contributed by atoms with Crippen LogP contribution >= 0.6 is 0 Å². The minimum atomic E-state index is -3.03. The van der Waals surface area contributed by atoms with E-state index in [1.807, 2.05) is 13.0 Å². The number of nitrogens with zero attached hydrogens (tertiary/aromatic N) is 2. The van der Waals surface area contributed by atoms with Crippen LogP contribution in [0.1, 0.15) is 18.9 Å². The van der Waals surface area contributed by atoms with Crippen LogP contribution in [0.4, 0.5) is 10.5 Å². The van der Waals surface area contributed by atoms with E-state index in [2.05, 4.69) is 5.32 Å². The summed E-state index contributed by atoms with van der Waals surface area (Å²) in [5, 5.41) is 11.6. The molecule has 21 heavy (non-hydrogen) atoms. The molecule has 0 bridgehead atoms. The van der Waals surface area contributed by atoms with E-state index in [0.717, 1.165) is 0 Å². The fraction of sp³-hybridized carbons (Fsp3) is 0.429. The van der Waals surface area contributed by atoms with Gasteiger partial charge < -0.3 is 10.2 Å². The smallest absolute Gasteiger partial charge is 0.321 e. The first kappa shape index (κ1) is 15.3. The highest BCUT2D eigenvalue weighted by Crippen LogP contribution is 2.19. The molecule has 1 aliphatic heterocycles. The molecule has 112 valence electrons. The van der Waals surface area contributed by atoms with Crippen LogP contribution in [0.5, 0.6) is 0 Å². The largest absolute Gasteiger partial charge is 0.322 e. The highest BCUT2D eigenvalue weighted by Gasteiger charge is 2.33. The fourth-order valence-corrected chi connectivity index (χ4v) is 4.18. The van der Waals surface area contributed by atoms with E-state index in [-0.39, 0.29) is 23.6 Å². The predicted octanol–water partition coefficient (Wildman–Crippen LogP) is 1.60. The van der Waals surface area contributed by atoms with Crippen molar-refractivity contribution in [3.63, 3.8) is 0 Å². The molecular formula is C14H17N3O3S. The van der Waals surface area contributed by atoms with Gasteiger partial charge in [-0.05, 0) is 31.5 Å². The molecule has 0 aromatic heterocycles. The zero-order valence-electron chi connectivity index (χ0n) is 11.7. The lowest BCUT2D eigenvalue weighted by molar-refractivity contribution is 0.197. The average Bonchev–Trinajstić information content (AvgIpc) is 2.80. The molecule has 0 radical (unpaired) electrons. The van der Waals surface area contributed by atoms with Gasteiger partial charge in [0.1, 0.15) is 0 Å². The van der Waals surface area contributed by atoms with Crippen molar-refractivity contribution >= 4 is 21.6 Å². The summed E-state index contributed by atoms with van der Waals surface area (Å²) in [4.78, 5) is 13.8. The quantitative estimate of drug-likeness (QED) is 0.918. The molecule has 1 aliphatic rings. The van der Waals surface area contributed by atoms with Crippen LogP contribution in [0.25, 0.3) is 0 Å². The summed E-state index contributed by atoms with van der Waals surface area (Å²) in [5.74, 6) is 0.151. The van der Waals surface area contributed by atoms with Gasteiger partial charge in [0.15, 0.2) is 9.84 Å². The Kier molecular flexibility index (Phi) is 4.48. The molecule has 6 nitrogen and oxygen atoms in total. The molecule has 0 aliphatic carbocycles. The molecule has 2 amide bonds. The van der Waals surface area contributed by atoms with Crippen LogP contribution < -0.4 is 5.32 Å². The van der Waals surface area contributed by atoms with Gasteiger partial charge in [-0.15, -0.1) is 0 Å². The van der Waals surface area contributed by atoms with Crippen LogP contribution in [0.3, 0.4) is 0 Å². The van der Waals surface area contributed by atoms with Crippen molar-refractivity contribution in [1.82, 2.24) is 4.90 Å². The number of urea groups is 1. The molecule has 0 saturated carbocycles. The van der Waals surface area contributed by atoms with E-state index in [1.54, 1.807) is 24.3 Å². The van der Waals surface area contributed by atoms with E-state index < -0.39 is 9.84 Å². The number of benzene rings is 1. The molecule has 1 atom stereocenters. The van der Waals surface area contributed by atoms with Gasteiger partial charge in [0.25, 0.3) is 0 Å². The Morgan fingerprint density at radius 2 is 2.29 bits per heavy atom. The Hall–Kier alpha value is -2.07. The number of sulfone groups is 1. The van der Waals surface area contributed by atoms with Crippen LogP contribution in [0, 0.1) is 11.3 Å². The van der Waals surface area contributed by atoms with Crippen LogP contribution in [0.2, 0.25) is 0 Å². The summed E-state index contributed by atoms with van der Waals surface area (Å²) < 4.78 is 23.1. The second-order valence-electron chi connectivity index (χ2n) is 4.97. The number of carbonyl (C=O) groups is 1. The molecular weight excluding hydrogens is 290 g/mol. The van der Waals surface area contributed by atoms with Crippen LogP contribution in [0.15, 0.2) is 24.3 Å². The Morgan fingerprint density at radius 3 is 2.86 bits per heavy atom. The van der Waals surface area contributed by atoms with Gasteiger partial charge in [-0.1, -0.05) is 6.07 Å². The molecule has 1 aromatic rings. The third-order valence-electron chi connectivity index (χ3n) is 3.49. The van der Waals surface area contributed by atoms with Gasteiger partial charge in [-0.25, -0.2) is 13.2 Å². The first-order chi connectivity index (χ1) is 9.95. The molecule has 1 N–H and O–H groups in total. The maximum absolute atomic E-state index is 12.3. The molecule has 1 unspecified atom stereocenters. The number of carbonyl (C=O) groups excluding carboxylic acids is 1. The summed E-state index contributed by atoms with van der Waals surface area (Å²) in [6.07, 6.45) is 0.474. The Bertz CT molecular complexity index is 679. The third kappa shape index (κ3) is 3.73. The number of hydrogen-bond acceptors (Lipinski definition) is 4. The number of nitriles is 1. The first-order valence-corrected chi connectivity index (χ1v) is 8.55. The minimum Gasteiger partial charge on any atom is -0.321 e. The maximum Gasteiger partial charge on any atom is 0.322 e. The number of amides is 2. The van der Waals surface area contributed by atoms with Crippen molar-refractivity contribution in [2.24, 2.45) is 0 Å². The highest BCUT2D eigenvalue weighted by atomic mass is 32.2. The lowest BCUT2D eigenvalue weighted by Gasteiger charge is -2.27. The van der Waals surface area contributed by atoms with Crippen molar-refractivity contribution in [3.8, 4) is 6.07 Å². The van der Waals surface area contributed by atoms with Gasteiger partial charge in [0.05, 0.1) is 23.1 Å².